The van der Waals surface area contributed by atoms with Crippen LogP contribution in [0, 0.1) is 0 Å². The van der Waals surface area contributed by atoms with Crippen LogP contribution in [-0.2, 0) is 26.1 Å². The lowest BCUT2D eigenvalue weighted by Gasteiger charge is -2.22. The van der Waals surface area contributed by atoms with Crippen molar-refractivity contribution in [2.45, 2.75) is 45.5 Å². The van der Waals surface area contributed by atoms with Crippen LogP contribution in [0.15, 0.2) is 29.3 Å². The van der Waals surface area contributed by atoms with E-state index in [1.807, 2.05) is 11.9 Å². The molecule has 0 bridgehead atoms. The van der Waals surface area contributed by atoms with Crippen LogP contribution in [0.3, 0.4) is 0 Å². The predicted molar refractivity (Wildman–Crippen MR) is 113 cm³/mol. The second-order valence-electron chi connectivity index (χ2n) is 6.42. The molecular formula is C18H25F2IN6O. The summed E-state index contributed by atoms with van der Waals surface area (Å²) in [6.45, 7) is -0.733. The maximum absolute atomic E-state index is 12.2. The number of hydrogen-bond donors (Lipinski definition) is 1. The molecule has 1 N–H and O–H groups in total. The van der Waals surface area contributed by atoms with Gasteiger partial charge in [0.15, 0.2) is 11.8 Å². The van der Waals surface area contributed by atoms with Gasteiger partial charge in [-0.25, -0.2) is 0 Å². The molecule has 1 aliphatic rings. The fraction of sp³-hybridized carbons (Fsp3) is 0.500. The topological polar surface area (TPSA) is 67.6 Å². The first-order valence-electron chi connectivity index (χ1n) is 8.93. The van der Waals surface area contributed by atoms with Gasteiger partial charge >= 0.3 is 6.61 Å². The van der Waals surface area contributed by atoms with Gasteiger partial charge in [-0.15, -0.1) is 34.2 Å². The second-order valence-corrected chi connectivity index (χ2v) is 6.42. The van der Waals surface area contributed by atoms with Crippen molar-refractivity contribution in [3.8, 4) is 5.75 Å². The molecule has 1 aromatic heterocycles. The number of halogens is 3. The van der Waals surface area contributed by atoms with Crippen molar-refractivity contribution in [1.29, 1.82) is 0 Å². The Morgan fingerprint density at radius 1 is 1.29 bits per heavy atom. The van der Waals surface area contributed by atoms with Crippen molar-refractivity contribution in [1.82, 2.24) is 25.0 Å². The minimum atomic E-state index is -2.82. The standard InChI is InChI=1S/C18H24F2N6O.HI/c1-21-18(22-11-16-24-23-15-5-3-4-10-26(15)16)25(2)12-13-6-8-14(9-7-13)27-17(19)20;/h6-9,17H,3-5,10-12H2,1-2H3,(H,21,22);1H. The van der Waals surface area contributed by atoms with Gasteiger partial charge in [0.1, 0.15) is 11.6 Å². The number of benzene rings is 1. The number of fused-ring (bicyclic) bond motifs is 1. The van der Waals surface area contributed by atoms with Crippen LogP contribution in [0.4, 0.5) is 8.78 Å². The van der Waals surface area contributed by atoms with Gasteiger partial charge in [-0.3, -0.25) is 4.99 Å². The molecule has 1 aliphatic heterocycles. The van der Waals surface area contributed by atoms with Crippen molar-refractivity contribution in [3.05, 3.63) is 41.5 Å². The molecule has 0 spiro atoms. The van der Waals surface area contributed by atoms with Gasteiger partial charge in [0.05, 0.1) is 6.54 Å². The quantitative estimate of drug-likeness (QED) is 0.371. The summed E-state index contributed by atoms with van der Waals surface area (Å²) in [4.78, 5) is 6.26. The second kappa shape index (κ2) is 10.5. The highest BCUT2D eigenvalue weighted by molar-refractivity contribution is 14.0. The minimum Gasteiger partial charge on any atom is -0.435 e. The Morgan fingerprint density at radius 2 is 2.04 bits per heavy atom. The lowest BCUT2D eigenvalue weighted by Crippen LogP contribution is -2.38. The molecule has 10 heteroatoms. The van der Waals surface area contributed by atoms with Crippen LogP contribution in [-0.4, -0.2) is 46.3 Å². The molecule has 2 heterocycles. The SMILES string of the molecule is CN=C(NCc1nnc2n1CCCC2)N(C)Cc1ccc(OC(F)F)cc1.I. The Kier molecular flexibility index (Phi) is 8.39. The maximum Gasteiger partial charge on any atom is 0.387 e. The van der Waals surface area contributed by atoms with Crippen LogP contribution in [0.1, 0.15) is 30.1 Å². The fourth-order valence-corrected chi connectivity index (χ4v) is 3.17. The molecule has 0 atom stereocenters. The van der Waals surface area contributed by atoms with Crippen LogP contribution in [0.2, 0.25) is 0 Å². The van der Waals surface area contributed by atoms with E-state index in [4.69, 9.17) is 0 Å². The van der Waals surface area contributed by atoms with E-state index < -0.39 is 6.61 Å². The molecule has 7 nitrogen and oxygen atoms in total. The molecular weight excluding hydrogens is 481 g/mol. The van der Waals surface area contributed by atoms with E-state index in [2.05, 4.69) is 29.8 Å². The van der Waals surface area contributed by atoms with Gasteiger partial charge < -0.3 is 19.5 Å². The van der Waals surface area contributed by atoms with Crippen molar-refractivity contribution in [3.63, 3.8) is 0 Å². The number of nitrogens with zero attached hydrogens (tertiary/aromatic N) is 5. The van der Waals surface area contributed by atoms with E-state index in [-0.39, 0.29) is 29.7 Å². The fourth-order valence-electron chi connectivity index (χ4n) is 3.17. The number of rotatable bonds is 6. The molecule has 2 aromatic rings. The molecule has 0 radical (unpaired) electrons. The molecule has 0 saturated heterocycles. The average Bonchev–Trinajstić information content (AvgIpc) is 3.07. The molecule has 0 amide bonds. The van der Waals surface area contributed by atoms with Gasteiger partial charge in [-0.05, 0) is 30.5 Å². The Hall–Kier alpha value is -1.98. The summed E-state index contributed by atoms with van der Waals surface area (Å²) >= 11 is 0. The van der Waals surface area contributed by atoms with E-state index in [0.717, 1.165) is 49.0 Å². The highest BCUT2D eigenvalue weighted by Crippen LogP contribution is 2.16. The van der Waals surface area contributed by atoms with Gasteiger partial charge in [0.25, 0.3) is 0 Å². The van der Waals surface area contributed by atoms with Crippen molar-refractivity contribution in [2.24, 2.45) is 4.99 Å². The zero-order valence-electron chi connectivity index (χ0n) is 15.9. The molecule has 0 saturated carbocycles. The predicted octanol–water partition coefficient (Wildman–Crippen LogP) is 3.04. The average molecular weight is 506 g/mol. The number of nitrogens with one attached hydrogen (secondary N) is 1. The normalized spacial score (nSPS) is 13.7. The highest BCUT2D eigenvalue weighted by Gasteiger charge is 2.16. The summed E-state index contributed by atoms with van der Waals surface area (Å²) in [6, 6.07) is 6.59. The number of alkyl halides is 2. The van der Waals surface area contributed by atoms with Crippen LogP contribution in [0.25, 0.3) is 0 Å². The number of aromatic nitrogens is 3. The molecule has 154 valence electrons. The zero-order valence-corrected chi connectivity index (χ0v) is 18.3. The van der Waals surface area contributed by atoms with E-state index in [9.17, 15) is 8.78 Å². The molecule has 0 aliphatic carbocycles. The Balaban J connectivity index is 0.00000280. The first-order valence-corrected chi connectivity index (χ1v) is 8.93. The van der Waals surface area contributed by atoms with Crippen molar-refractivity contribution < 1.29 is 13.5 Å². The third-order valence-electron chi connectivity index (χ3n) is 4.48. The van der Waals surface area contributed by atoms with E-state index in [1.165, 1.54) is 12.1 Å². The Labute approximate surface area is 180 Å². The largest absolute Gasteiger partial charge is 0.435 e. The maximum atomic E-state index is 12.2. The molecule has 0 unspecified atom stereocenters. The zero-order chi connectivity index (χ0) is 19.2. The molecule has 28 heavy (non-hydrogen) atoms. The van der Waals surface area contributed by atoms with Gasteiger partial charge in [0.2, 0.25) is 0 Å². The lowest BCUT2D eigenvalue weighted by atomic mass is 10.2. The van der Waals surface area contributed by atoms with Crippen molar-refractivity contribution in [2.75, 3.05) is 14.1 Å². The Morgan fingerprint density at radius 3 is 2.71 bits per heavy atom. The first-order chi connectivity index (χ1) is 13.1. The third kappa shape index (κ3) is 5.76. The third-order valence-corrected chi connectivity index (χ3v) is 4.48. The first kappa shape index (κ1) is 22.3. The summed E-state index contributed by atoms with van der Waals surface area (Å²) in [5, 5.41) is 11.8. The summed E-state index contributed by atoms with van der Waals surface area (Å²) < 4.78 is 31.0. The lowest BCUT2D eigenvalue weighted by molar-refractivity contribution is -0.0498. The van der Waals surface area contributed by atoms with E-state index in [1.54, 1.807) is 19.2 Å². The number of aryl methyl sites for hydroxylation is 1. The van der Waals surface area contributed by atoms with Gasteiger partial charge in [0, 0.05) is 33.6 Å². The van der Waals surface area contributed by atoms with E-state index >= 15 is 0 Å². The number of hydrogen-bond acceptors (Lipinski definition) is 4. The smallest absolute Gasteiger partial charge is 0.387 e. The summed E-state index contributed by atoms with van der Waals surface area (Å²) in [5.74, 6) is 2.83. The Bertz CT molecular complexity index is 781. The number of aliphatic imine (C=N–C) groups is 1. The van der Waals surface area contributed by atoms with E-state index in [0.29, 0.717) is 13.1 Å². The monoisotopic (exact) mass is 506 g/mol. The van der Waals surface area contributed by atoms with Crippen molar-refractivity contribution >= 4 is 29.9 Å². The number of ether oxygens (including phenoxy) is 1. The molecule has 1 aromatic carbocycles. The molecule has 0 fully saturated rings. The summed E-state index contributed by atoms with van der Waals surface area (Å²) in [6.07, 6.45) is 3.29. The molecule has 3 rings (SSSR count). The summed E-state index contributed by atoms with van der Waals surface area (Å²) in [7, 11) is 3.63. The number of guanidine groups is 1. The van der Waals surface area contributed by atoms with Crippen LogP contribution < -0.4 is 10.1 Å². The van der Waals surface area contributed by atoms with Crippen LogP contribution in [0.5, 0.6) is 5.75 Å². The minimum absolute atomic E-state index is 0. The van der Waals surface area contributed by atoms with Gasteiger partial charge in [-0.2, -0.15) is 8.78 Å². The van der Waals surface area contributed by atoms with Gasteiger partial charge in [-0.1, -0.05) is 12.1 Å². The van der Waals surface area contributed by atoms with Crippen LogP contribution >= 0.6 is 24.0 Å². The summed E-state index contributed by atoms with van der Waals surface area (Å²) in [5.41, 5.74) is 0.960. The highest BCUT2D eigenvalue weighted by atomic mass is 127.